The summed E-state index contributed by atoms with van der Waals surface area (Å²) in [5, 5.41) is 14.3. The second-order valence-electron chi connectivity index (χ2n) is 13.4. The Morgan fingerprint density at radius 1 is 1.02 bits per heavy atom. The first-order valence-electron chi connectivity index (χ1n) is 16.6. The van der Waals surface area contributed by atoms with Crippen molar-refractivity contribution in [1.29, 1.82) is 0 Å². The van der Waals surface area contributed by atoms with Crippen LogP contribution in [0, 0.1) is 29.1 Å². The number of hydrogen-bond acceptors (Lipinski definition) is 11. The van der Waals surface area contributed by atoms with Crippen LogP contribution in [0.25, 0.3) is 0 Å². The summed E-state index contributed by atoms with van der Waals surface area (Å²) in [6.07, 6.45) is -1.51. The van der Waals surface area contributed by atoms with Crippen LogP contribution in [0.4, 0.5) is 0 Å². The van der Waals surface area contributed by atoms with Crippen molar-refractivity contribution >= 4 is 29.2 Å². The molecule has 3 rings (SSSR count). The molecule has 12 nitrogen and oxygen atoms in total. The number of nitrogens with zero attached hydrogens (tertiary/aromatic N) is 1. The molecule has 1 aliphatic rings. The van der Waals surface area contributed by atoms with Crippen molar-refractivity contribution in [2.45, 2.75) is 91.1 Å². The van der Waals surface area contributed by atoms with E-state index in [2.05, 4.69) is 10.3 Å². The Labute approximate surface area is 282 Å². The van der Waals surface area contributed by atoms with Crippen LogP contribution in [0.3, 0.4) is 0 Å². The van der Waals surface area contributed by atoms with Gasteiger partial charge in [-0.2, -0.15) is 0 Å². The molecule has 2 unspecified atom stereocenters. The van der Waals surface area contributed by atoms with E-state index in [0.29, 0.717) is 18.6 Å². The van der Waals surface area contributed by atoms with Crippen molar-refractivity contribution in [2.75, 3.05) is 6.61 Å². The van der Waals surface area contributed by atoms with E-state index in [1.165, 1.54) is 6.20 Å². The lowest BCUT2D eigenvalue weighted by atomic mass is 9.55. The third kappa shape index (κ3) is 8.53. The summed E-state index contributed by atoms with van der Waals surface area (Å²) in [6, 6.07) is 9.96. The van der Waals surface area contributed by atoms with E-state index in [0.717, 1.165) is 0 Å². The number of ether oxygens (including phenoxy) is 2. The summed E-state index contributed by atoms with van der Waals surface area (Å²) in [7, 11) is 0. The molecule has 1 aliphatic carbocycles. The van der Waals surface area contributed by atoms with Gasteiger partial charge in [-0.1, -0.05) is 72.2 Å². The number of amides is 1. The van der Waals surface area contributed by atoms with Crippen LogP contribution in [0.15, 0.2) is 54.7 Å². The number of aliphatic hydroxyl groups is 1. The fraction of sp³-hybridized carbons (Fsp3) is 0.556. The van der Waals surface area contributed by atoms with Crippen molar-refractivity contribution in [3.8, 4) is 5.75 Å². The summed E-state index contributed by atoms with van der Waals surface area (Å²) >= 11 is 0. The molecule has 1 amide bonds. The maximum atomic E-state index is 14.7. The summed E-state index contributed by atoms with van der Waals surface area (Å²) in [5.41, 5.74) is 10.6. The summed E-state index contributed by atoms with van der Waals surface area (Å²) < 4.78 is 11.0. The Kier molecular flexibility index (Phi) is 13.5. The van der Waals surface area contributed by atoms with Gasteiger partial charge in [0.2, 0.25) is 5.91 Å². The first kappa shape index (κ1) is 38.4. The largest absolute Gasteiger partial charge is 0.482 e. The van der Waals surface area contributed by atoms with E-state index in [1.54, 1.807) is 62.4 Å². The number of esters is 1. The Morgan fingerprint density at radius 3 is 2.23 bits per heavy atom. The molecule has 0 radical (unpaired) electrons. The molecule has 2 aromatic rings. The molecule has 1 saturated carbocycles. The molecule has 8 atom stereocenters. The number of aliphatic hydroxyl groups excluding tert-OH is 1. The van der Waals surface area contributed by atoms with Crippen molar-refractivity contribution in [2.24, 2.45) is 40.6 Å². The van der Waals surface area contributed by atoms with Crippen LogP contribution in [0.2, 0.25) is 0 Å². The lowest BCUT2D eigenvalue weighted by molar-refractivity contribution is -0.180. The van der Waals surface area contributed by atoms with Gasteiger partial charge in [-0.05, 0) is 48.4 Å². The highest BCUT2D eigenvalue weighted by Crippen LogP contribution is 2.47. The van der Waals surface area contributed by atoms with Gasteiger partial charge in [0.05, 0.1) is 30.2 Å². The molecule has 48 heavy (non-hydrogen) atoms. The van der Waals surface area contributed by atoms with E-state index < -0.39 is 89.8 Å². The number of nitrogens with one attached hydrogen (secondary N) is 1. The molecule has 1 aromatic heterocycles. The zero-order valence-electron chi connectivity index (χ0n) is 28.6. The maximum absolute atomic E-state index is 14.7. The molecule has 1 fully saturated rings. The highest BCUT2D eigenvalue weighted by atomic mass is 16.6. The molecular formula is C36H50N4O8. The molecule has 6 N–H and O–H groups in total. The van der Waals surface area contributed by atoms with E-state index in [9.17, 15) is 29.1 Å². The van der Waals surface area contributed by atoms with Crippen LogP contribution in [-0.2, 0) is 28.7 Å². The Morgan fingerprint density at radius 2 is 1.67 bits per heavy atom. The zero-order chi connectivity index (χ0) is 35.8. The molecule has 12 heteroatoms. The van der Waals surface area contributed by atoms with Crippen molar-refractivity contribution in [1.82, 2.24) is 10.3 Å². The quantitative estimate of drug-likeness (QED) is 0.152. The fourth-order valence-electron chi connectivity index (χ4n) is 6.39. The number of ketones is 3. The third-order valence-corrected chi connectivity index (χ3v) is 9.24. The van der Waals surface area contributed by atoms with Gasteiger partial charge in [-0.25, -0.2) is 4.79 Å². The normalized spacial score (nSPS) is 22.8. The molecule has 262 valence electrons. The zero-order valence-corrected chi connectivity index (χ0v) is 28.6. The second-order valence-corrected chi connectivity index (χ2v) is 13.4. The Hall–Kier alpha value is -4.00. The van der Waals surface area contributed by atoms with Crippen molar-refractivity contribution < 1.29 is 38.6 Å². The number of aromatic nitrogens is 1. The molecule has 0 saturated heterocycles. The SMILES string of the molecule is CC[C@H](C)[C@H](N)C(=O)C(NC(=O)[C@]1(C(C)C)C(=O)[C@@H](OC(=O)COc2ccccc2)CC(=O)C1[C@H](O)[C@@H](N)CC(C)C)c1ccccn1. The number of para-hydroxylation sites is 1. The predicted molar refractivity (Wildman–Crippen MR) is 178 cm³/mol. The van der Waals surface area contributed by atoms with E-state index in [4.69, 9.17) is 20.9 Å². The third-order valence-electron chi connectivity index (χ3n) is 9.24. The first-order valence-corrected chi connectivity index (χ1v) is 16.6. The number of hydrogen-bond donors (Lipinski definition) is 4. The lowest BCUT2D eigenvalue weighted by Crippen LogP contribution is -2.68. The summed E-state index contributed by atoms with van der Waals surface area (Å²) in [4.78, 5) is 74.4. The number of benzene rings is 1. The highest BCUT2D eigenvalue weighted by Gasteiger charge is 2.65. The second kappa shape index (κ2) is 16.9. The Bertz CT molecular complexity index is 1420. The first-order chi connectivity index (χ1) is 22.7. The van der Waals surface area contributed by atoms with Gasteiger partial charge in [0.25, 0.3) is 0 Å². The lowest BCUT2D eigenvalue weighted by Gasteiger charge is -2.48. The molecule has 1 heterocycles. The van der Waals surface area contributed by atoms with Crippen molar-refractivity contribution in [3.05, 3.63) is 60.4 Å². The molecule has 0 bridgehead atoms. The van der Waals surface area contributed by atoms with Gasteiger partial charge in [-0.15, -0.1) is 0 Å². The topological polar surface area (TPSA) is 201 Å². The predicted octanol–water partition coefficient (Wildman–Crippen LogP) is 2.71. The van der Waals surface area contributed by atoms with Crippen molar-refractivity contribution in [3.63, 3.8) is 0 Å². The molecule has 0 spiro atoms. The van der Waals surface area contributed by atoms with Gasteiger partial charge >= 0.3 is 5.97 Å². The van der Waals surface area contributed by atoms with Crippen LogP contribution in [0.1, 0.15) is 72.5 Å². The minimum absolute atomic E-state index is 0.0258. The van der Waals surface area contributed by atoms with E-state index >= 15 is 0 Å². The van der Waals surface area contributed by atoms with Crippen LogP contribution >= 0.6 is 0 Å². The monoisotopic (exact) mass is 666 g/mol. The number of carbonyl (C=O) groups excluding carboxylic acids is 5. The van der Waals surface area contributed by atoms with Gasteiger partial charge in [0.1, 0.15) is 23.0 Å². The molecule has 0 aliphatic heterocycles. The number of carbonyl (C=O) groups is 5. The van der Waals surface area contributed by atoms with Gasteiger partial charge in [0.15, 0.2) is 24.3 Å². The summed E-state index contributed by atoms with van der Waals surface area (Å²) in [5.74, 6) is -6.40. The standard InChI is InChI=1S/C36H50N4O8/c1-7-22(6)30(38)33(44)31(25-15-11-12-16-39-25)40-35(46)36(21(4)5)29(32(43)24(37)17-20(2)3)26(41)18-27(34(36)45)48-28(42)19-47-23-13-9-8-10-14-23/h8-16,20-22,24,27,29-32,43H,7,17-19,37-38H2,1-6H3,(H,40,46)/t22-,24-,27-,29?,30-,31?,32+,36-/m0/s1. The van der Waals surface area contributed by atoms with E-state index in [1.807, 2.05) is 27.7 Å². The average Bonchev–Trinajstić information content (AvgIpc) is 3.06. The van der Waals surface area contributed by atoms with Crippen LogP contribution in [0.5, 0.6) is 5.75 Å². The number of pyridine rings is 1. The maximum Gasteiger partial charge on any atom is 0.344 e. The van der Waals surface area contributed by atoms with Gasteiger partial charge in [-0.3, -0.25) is 24.2 Å². The minimum atomic E-state index is -2.29. The van der Waals surface area contributed by atoms with Crippen LogP contribution in [-0.4, -0.2) is 70.2 Å². The average molecular weight is 667 g/mol. The van der Waals surface area contributed by atoms with Crippen LogP contribution < -0.4 is 21.5 Å². The number of Topliss-reactive ketones (excluding diaryl/α,β-unsaturated/α-hetero) is 3. The number of nitrogens with two attached hydrogens (primary N) is 2. The molecular weight excluding hydrogens is 616 g/mol. The smallest absolute Gasteiger partial charge is 0.344 e. The fourth-order valence-corrected chi connectivity index (χ4v) is 6.39. The highest BCUT2D eigenvalue weighted by molar-refractivity contribution is 6.16. The van der Waals surface area contributed by atoms with Gasteiger partial charge in [0, 0.05) is 12.2 Å². The Balaban J connectivity index is 2.09. The molecule has 1 aromatic carbocycles. The van der Waals surface area contributed by atoms with E-state index in [-0.39, 0.29) is 17.5 Å². The number of rotatable bonds is 16. The van der Waals surface area contributed by atoms with Gasteiger partial charge < -0.3 is 31.4 Å². The minimum Gasteiger partial charge on any atom is -0.482 e. The summed E-state index contributed by atoms with van der Waals surface area (Å²) in [6.45, 7) is 10.0.